The van der Waals surface area contributed by atoms with Crippen molar-refractivity contribution >= 4 is 5.78 Å². The molecule has 2 heteroatoms. The second-order valence-electron chi connectivity index (χ2n) is 1.53. The van der Waals surface area contributed by atoms with Gasteiger partial charge in [-0.1, -0.05) is 6.92 Å². The van der Waals surface area contributed by atoms with Gasteiger partial charge in [-0.15, -0.1) is 0 Å². The van der Waals surface area contributed by atoms with Crippen LogP contribution in [-0.4, -0.2) is 17.0 Å². The van der Waals surface area contributed by atoms with Crippen LogP contribution in [0.2, 0.25) is 0 Å². The Morgan fingerprint density at radius 2 is 2.29 bits per heavy atom. The van der Waals surface area contributed by atoms with Gasteiger partial charge in [-0.05, 0) is 13.3 Å². The molecule has 0 heterocycles. The molecule has 0 unspecified atom stereocenters. The highest BCUT2D eigenvalue weighted by Gasteiger charge is 2.03. The van der Waals surface area contributed by atoms with E-state index in [4.69, 9.17) is 5.11 Å². The summed E-state index contributed by atoms with van der Waals surface area (Å²) in [6.07, 6.45) is -0.213. The largest absolute Gasteiger partial charge is 0.385 e. The molecule has 0 rings (SSSR count). The summed E-state index contributed by atoms with van der Waals surface area (Å²) in [7, 11) is 0. The molecular weight excluding hydrogens is 92.1 g/mol. The van der Waals surface area contributed by atoms with Crippen molar-refractivity contribution in [2.75, 3.05) is 0 Å². The first-order valence-electron chi connectivity index (χ1n) is 2.37. The van der Waals surface area contributed by atoms with Crippen LogP contribution in [0.25, 0.3) is 0 Å². The van der Waals surface area contributed by atoms with Gasteiger partial charge in [0.1, 0.15) is 6.10 Å². The summed E-state index contributed by atoms with van der Waals surface area (Å²) in [4.78, 5) is 10.1. The molecule has 7 heavy (non-hydrogen) atoms. The van der Waals surface area contributed by atoms with Crippen LogP contribution >= 0.6 is 0 Å². The minimum atomic E-state index is -0.736. The van der Waals surface area contributed by atoms with Gasteiger partial charge >= 0.3 is 0 Å². The smallest absolute Gasteiger partial charge is 0.158 e. The van der Waals surface area contributed by atoms with Gasteiger partial charge in [-0.25, -0.2) is 0 Å². The Hall–Kier alpha value is -0.370. The number of rotatable bonds is 2. The molecule has 1 N–H and O–H groups in total. The fourth-order valence-electron chi connectivity index (χ4n) is 0.287. The Labute approximate surface area is 43.2 Å². The molecular formula is C5H10O2. The maximum atomic E-state index is 10.1. The zero-order valence-electron chi connectivity index (χ0n) is 4.64. The number of hydrogen-bond acceptors (Lipinski definition) is 2. The number of ketones is 1. The molecule has 1 atom stereocenters. The minimum absolute atomic E-state index is 0.150. The second kappa shape index (κ2) is 2.75. The molecule has 0 aliphatic carbocycles. The summed E-state index contributed by atoms with van der Waals surface area (Å²) in [5.41, 5.74) is 0. The topological polar surface area (TPSA) is 37.3 Å². The van der Waals surface area contributed by atoms with E-state index in [2.05, 4.69) is 0 Å². The van der Waals surface area contributed by atoms with Crippen molar-refractivity contribution < 1.29 is 9.90 Å². The minimum Gasteiger partial charge on any atom is -0.385 e. The van der Waals surface area contributed by atoms with Crippen molar-refractivity contribution in [3.8, 4) is 0 Å². The second-order valence-corrected chi connectivity index (χ2v) is 1.53. The number of Topliss-reactive ketones (excluding diaryl/α,β-unsaturated/α-hetero) is 1. The van der Waals surface area contributed by atoms with Gasteiger partial charge in [0.15, 0.2) is 5.78 Å². The van der Waals surface area contributed by atoms with Gasteiger partial charge in [0.05, 0.1) is 0 Å². The van der Waals surface area contributed by atoms with E-state index in [1.165, 1.54) is 6.92 Å². The molecule has 0 aromatic rings. The maximum absolute atomic E-state index is 10.1. The van der Waals surface area contributed by atoms with Crippen LogP contribution in [0.1, 0.15) is 20.3 Å². The highest BCUT2D eigenvalue weighted by Crippen LogP contribution is 1.88. The molecule has 0 bridgehead atoms. The molecule has 0 amide bonds. The lowest BCUT2D eigenvalue weighted by Crippen LogP contribution is -2.14. The monoisotopic (exact) mass is 102 g/mol. The molecule has 0 saturated heterocycles. The summed E-state index contributed by atoms with van der Waals surface area (Å²) in [6.45, 7) is 3.15. The zero-order valence-corrected chi connectivity index (χ0v) is 4.64. The number of aliphatic hydroxyl groups is 1. The van der Waals surface area contributed by atoms with E-state index in [0.29, 0.717) is 6.42 Å². The van der Waals surface area contributed by atoms with Crippen LogP contribution in [0, 0.1) is 0 Å². The van der Waals surface area contributed by atoms with Gasteiger partial charge in [0, 0.05) is 0 Å². The van der Waals surface area contributed by atoms with E-state index in [9.17, 15) is 4.79 Å². The van der Waals surface area contributed by atoms with E-state index in [1.807, 2.05) is 0 Å². The quantitative estimate of drug-likeness (QED) is 0.546. The van der Waals surface area contributed by atoms with E-state index < -0.39 is 6.10 Å². The fraction of sp³-hybridized carbons (Fsp3) is 0.800. The predicted octanol–water partition coefficient (Wildman–Crippen LogP) is 0.346. The molecule has 0 radical (unpaired) electrons. The first kappa shape index (κ1) is 6.63. The number of carbonyl (C=O) groups excluding carboxylic acids is 1. The third-order valence-corrected chi connectivity index (χ3v) is 0.856. The van der Waals surface area contributed by atoms with Crippen LogP contribution in [0.5, 0.6) is 0 Å². The van der Waals surface area contributed by atoms with Crippen molar-refractivity contribution in [3.05, 3.63) is 0 Å². The lowest BCUT2D eigenvalue weighted by atomic mass is 10.2. The predicted molar refractivity (Wildman–Crippen MR) is 27.0 cm³/mol. The molecule has 42 valence electrons. The summed E-state index contributed by atoms with van der Waals surface area (Å²) in [6, 6.07) is 0. The van der Waals surface area contributed by atoms with Crippen molar-refractivity contribution in [1.82, 2.24) is 0 Å². The zero-order chi connectivity index (χ0) is 5.86. The highest BCUT2D eigenvalue weighted by atomic mass is 16.3. The molecule has 0 fully saturated rings. The lowest BCUT2D eigenvalue weighted by molar-refractivity contribution is -0.124. The molecule has 0 aromatic heterocycles. The van der Waals surface area contributed by atoms with E-state index >= 15 is 0 Å². The van der Waals surface area contributed by atoms with Crippen LogP contribution in [0.3, 0.4) is 0 Å². The van der Waals surface area contributed by atoms with E-state index in [1.54, 1.807) is 6.92 Å². The van der Waals surface area contributed by atoms with Crippen molar-refractivity contribution in [2.45, 2.75) is 26.4 Å². The SMILES string of the molecule is CC[C@H](O)C(C)=O. The van der Waals surface area contributed by atoms with Gasteiger partial charge in [0.25, 0.3) is 0 Å². The van der Waals surface area contributed by atoms with Crippen LogP contribution < -0.4 is 0 Å². The van der Waals surface area contributed by atoms with Crippen LogP contribution in [0.15, 0.2) is 0 Å². The molecule has 0 aliphatic rings. The third kappa shape index (κ3) is 2.34. The van der Waals surface area contributed by atoms with Gasteiger partial charge < -0.3 is 5.11 Å². The Morgan fingerprint density at radius 1 is 1.86 bits per heavy atom. The van der Waals surface area contributed by atoms with Crippen molar-refractivity contribution in [2.24, 2.45) is 0 Å². The van der Waals surface area contributed by atoms with Gasteiger partial charge in [-0.3, -0.25) is 4.79 Å². The van der Waals surface area contributed by atoms with Crippen LogP contribution in [0.4, 0.5) is 0 Å². The first-order valence-corrected chi connectivity index (χ1v) is 2.37. The fourth-order valence-corrected chi connectivity index (χ4v) is 0.287. The Bertz CT molecular complexity index is 68.5. The summed E-state index contributed by atoms with van der Waals surface area (Å²) >= 11 is 0. The maximum Gasteiger partial charge on any atom is 0.158 e. The van der Waals surface area contributed by atoms with Crippen molar-refractivity contribution in [3.63, 3.8) is 0 Å². The van der Waals surface area contributed by atoms with Crippen LogP contribution in [-0.2, 0) is 4.79 Å². The molecule has 0 aromatic carbocycles. The average Bonchev–Trinajstić information content (AvgIpc) is 1.65. The summed E-state index contributed by atoms with van der Waals surface area (Å²) in [5, 5.41) is 8.59. The first-order chi connectivity index (χ1) is 3.18. The molecule has 0 saturated carbocycles. The third-order valence-electron chi connectivity index (χ3n) is 0.856. The average molecular weight is 102 g/mol. The molecule has 0 aliphatic heterocycles. The molecule has 2 nitrogen and oxygen atoms in total. The number of hydrogen-bond donors (Lipinski definition) is 1. The number of carbonyl (C=O) groups is 1. The normalized spacial score (nSPS) is 13.6. The Morgan fingerprint density at radius 3 is 2.29 bits per heavy atom. The van der Waals surface area contributed by atoms with Gasteiger partial charge in [0.2, 0.25) is 0 Å². The van der Waals surface area contributed by atoms with E-state index in [-0.39, 0.29) is 5.78 Å². The molecule has 0 spiro atoms. The Balaban J connectivity index is 3.34. The standard InChI is InChI=1S/C5H10O2/c1-3-5(7)4(2)6/h5,7H,3H2,1-2H3/t5-/m0/s1. The summed E-state index contributed by atoms with van der Waals surface area (Å²) in [5.74, 6) is -0.150. The highest BCUT2D eigenvalue weighted by molar-refractivity contribution is 5.79. The van der Waals surface area contributed by atoms with E-state index in [0.717, 1.165) is 0 Å². The Kier molecular flexibility index (Phi) is 2.60. The lowest BCUT2D eigenvalue weighted by Gasteiger charge is -1.97. The summed E-state index contributed by atoms with van der Waals surface area (Å²) < 4.78 is 0. The van der Waals surface area contributed by atoms with Gasteiger partial charge in [-0.2, -0.15) is 0 Å². The van der Waals surface area contributed by atoms with Crippen molar-refractivity contribution in [1.29, 1.82) is 0 Å². The number of aliphatic hydroxyl groups excluding tert-OH is 1.